The van der Waals surface area contributed by atoms with Gasteiger partial charge in [-0.25, -0.2) is 4.79 Å². The van der Waals surface area contributed by atoms with Crippen LogP contribution in [0.3, 0.4) is 0 Å². The number of aromatic hydroxyl groups is 1. The number of phenols is 1. The number of carboxylic acids is 1. The van der Waals surface area contributed by atoms with E-state index in [0.717, 1.165) is 0 Å². The summed E-state index contributed by atoms with van der Waals surface area (Å²) in [5.41, 5.74) is 1.28. The van der Waals surface area contributed by atoms with Crippen LogP contribution in [-0.2, 0) is 9.59 Å². The number of esters is 1. The molecule has 0 unspecified atom stereocenters. The summed E-state index contributed by atoms with van der Waals surface area (Å²) in [6.07, 6.45) is 0. The fourth-order valence-electron chi connectivity index (χ4n) is 2.37. The number of benzene rings is 2. The van der Waals surface area contributed by atoms with Crippen LogP contribution < -0.4 is 9.47 Å². The van der Waals surface area contributed by atoms with E-state index in [1.807, 2.05) is 0 Å². The maximum Gasteiger partial charge on any atom is 0.341 e. The highest BCUT2D eigenvalue weighted by atomic mass is 16.5. The molecule has 0 spiro atoms. The first-order valence-electron chi connectivity index (χ1n) is 6.54. The van der Waals surface area contributed by atoms with Gasteiger partial charge in [0.25, 0.3) is 0 Å². The number of hydrogen-bond donors (Lipinski definition) is 2. The predicted octanol–water partition coefficient (Wildman–Crippen LogP) is 1.91. The van der Waals surface area contributed by atoms with Gasteiger partial charge in [0, 0.05) is 5.56 Å². The lowest BCUT2D eigenvalue weighted by molar-refractivity contribution is -0.139. The normalized spacial score (nSPS) is 16.0. The molecule has 112 valence electrons. The lowest BCUT2D eigenvalue weighted by atomic mass is 9.92. The molecule has 0 fully saturated rings. The summed E-state index contributed by atoms with van der Waals surface area (Å²) < 4.78 is 10.2. The summed E-state index contributed by atoms with van der Waals surface area (Å²) in [5, 5.41) is 18.1. The number of fused-ring (bicyclic) bond motifs is 1. The van der Waals surface area contributed by atoms with Gasteiger partial charge >= 0.3 is 11.9 Å². The molecule has 0 saturated heterocycles. The maximum absolute atomic E-state index is 12.0. The molecule has 1 heterocycles. The lowest BCUT2D eigenvalue weighted by Gasteiger charge is -2.09. The molecule has 2 aromatic carbocycles. The molecule has 0 aliphatic carbocycles. The number of carbonyl (C=O) groups excluding carboxylic acids is 1. The van der Waals surface area contributed by atoms with E-state index >= 15 is 0 Å². The van der Waals surface area contributed by atoms with E-state index in [4.69, 9.17) is 14.6 Å². The standard InChI is InChI=1S/C16H12O6/c17-10-3-6-13-12(7-10)15(16(20)22-13)9-1-4-11(5-2-9)21-8-14(18)19/h1-7,15,17H,8H2,(H,18,19)/t15-/m0/s1. The number of rotatable bonds is 4. The Kier molecular flexibility index (Phi) is 3.42. The van der Waals surface area contributed by atoms with Crippen molar-refractivity contribution in [2.75, 3.05) is 6.61 Å². The number of phenolic OH excluding ortho intramolecular Hbond substituents is 1. The molecule has 3 rings (SSSR count). The van der Waals surface area contributed by atoms with Crippen molar-refractivity contribution < 1.29 is 29.3 Å². The van der Waals surface area contributed by atoms with Crippen molar-refractivity contribution in [2.45, 2.75) is 5.92 Å². The first-order chi connectivity index (χ1) is 10.5. The average Bonchev–Trinajstić information content (AvgIpc) is 2.81. The molecule has 0 amide bonds. The highest BCUT2D eigenvalue weighted by Crippen LogP contribution is 2.41. The molecular formula is C16H12O6. The van der Waals surface area contributed by atoms with Crippen LogP contribution >= 0.6 is 0 Å². The lowest BCUT2D eigenvalue weighted by Crippen LogP contribution is -2.12. The van der Waals surface area contributed by atoms with Gasteiger partial charge in [-0.05, 0) is 35.9 Å². The molecule has 1 aliphatic heterocycles. The molecule has 6 heteroatoms. The largest absolute Gasteiger partial charge is 0.508 e. The summed E-state index contributed by atoms with van der Waals surface area (Å²) in [4.78, 5) is 22.5. The Bertz CT molecular complexity index is 735. The fourth-order valence-corrected chi connectivity index (χ4v) is 2.37. The highest BCUT2D eigenvalue weighted by Gasteiger charge is 2.34. The van der Waals surface area contributed by atoms with Crippen LogP contribution in [0.15, 0.2) is 42.5 Å². The van der Waals surface area contributed by atoms with Crippen LogP contribution in [-0.4, -0.2) is 28.8 Å². The second-order valence-corrected chi connectivity index (χ2v) is 4.83. The minimum Gasteiger partial charge on any atom is -0.508 e. The van der Waals surface area contributed by atoms with Crippen molar-refractivity contribution in [3.63, 3.8) is 0 Å². The summed E-state index contributed by atoms with van der Waals surface area (Å²) in [6.45, 7) is -0.429. The van der Waals surface area contributed by atoms with E-state index < -0.39 is 24.5 Å². The number of hydrogen-bond acceptors (Lipinski definition) is 5. The van der Waals surface area contributed by atoms with Crippen molar-refractivity contribution in [1.82, 2.24) is 0 Å². The van der Waals surface area contributed by atoms with E-state index in [2.05, 4.69) is 0 Å². The summed E-state index contributed by atoms with van der Waals surface area (Å²) in [5.74, 6) is -1.21. The van der Waals surface area contributed by atoms with Gasteiger partial charge < -0.3 is 19.7 Å². The summed E-state index contributed by atoms with van der Waals surface area (Å²) >= 11 is 0. The van der Waals surface area contributed by atoms with E-state index in [9.17, 15) is 14.7 Å². The Labute approximate surface area is 125 Å². The van der Waals surface area contributed by atoms with Crippen LogP contribution in [0, 0.1) is 0 Å². The second kappa shape index (κ2) is 5.40. The zero-order valence-corrected chi connectivity index (χ0v) is 11.4. The third kappa shape index (κ3) is 2.58. The van der Waals surface area contributed by atoms with E-state index in [1.165, 1.54) is 12.1 Å². The van der Waals surface area contributed by atoms with Crippen LogP contribution in [0.2, 0.25) is 0 Å². The van der Waals surface area contributed by atoms with Crippen molar-refractivity contribution in [3.8, 4) is 17.2 Å². The quantitative estimate of drug-likeness (QED) is 0.662. The van der Waals surface area contributed by atoms with Gasteiger partial charge in [-0.1, -0.05) is 12.1 Å². The Morgan fingerprint density at radius 2 is 1.91 bits per heavy atom. The molecule has 0 saturated carbocycles. The minimum absolute atomic E-state index is 0.0588. The number of ether oxygens (including phenoxy) is 2. The zero-order chi connectivity index (χ0) is 15.7. The Hall–Kier alpha value is -3.02. The van der Waals surface area contributed by atoms with Gasteiger partial charge in [0.2, 0.25) is 0 Å². The monoisotopic (exact) mass is 300 g/mol. The van der Waals surface area contributed by atoms with Crippen LogP contribution in [0.4, 0.5) is 0 Å². The van der Waals surface area contributed by atoms with Gasteiger partial charge in [0.15, 0.2) is 6.61 Å². The fraction of sp³-hybridized carbons (Fsp3) is 0.125. The SMILES string of the molecule is O=C(O)COc1ccc([C@@H]2C(=O)Oc3ccc(O)cc32)cc1. The number of aliphatic carboxylic acids is 1. The molecule has 2 aromatic rings. The van der Waals surface area contributed by atoms with Gasteiger partial charge in [-0.15, -0.1) is 0 Å². The Balaban J connectivity index is 1.87. The van der Waals surface area contributed by atoms with Crippen molar-refractivity contribution in [2.24, 2.45) is 0 Å². The van der Waals surface area contributed by atoms with Crippen LogP contribution in [0.25, 0.3) is 0 Å². The predicted molar refractivity (Wildman–Crippen MR) is 75.2 cm³/mol. The molecule has 1 atom stereocenters. The summed E-state index contributed by atoms with van der Waals surface area (Å²) in [7, 11) is 0. The number of carbonyl (C=O) groups is 2. The first-order valence-corrected chi connectivity index (χ1v) is 6.54. The third-order valence-corrected chi connectivity index (χ3v) is 3.33. The second-order valence-electron chi connectivity index (χ2n) is 4.83. The van der Waals surface area contributed by atoms with Crippen LogP contribution in [0.5, 0.6) is 17.2 Å². The molecule has 1 aliphatic rings. The smallest absolute Gasteiger partial charge is 0.341 e. The molecule has 2 N–H and O–H groups in total. The molecule has 0 radical (unpaired) electrons. The summed E-state index contributed by atoms with van der Waals surface area (Å²) in [6, 6.07) is 11.0. The molecule has 22 heavy (non-hydrogen) atoms. The average molecular weight is 300 g/mol. The van der Waals surface area contributed by atoms with Crippen molar-refractivity contribution in [1.29, 1.82) is 0 Å². The van der Waals surface area contributed by atoms with Gasteiger partial charge in [-0.3, -0.25) is 4.79 Å². The zero-order valence-electron chi connectivity index (χ0n) is 11.4. The van der Waals surface area contributed by atoms with Crippen LogP contribution in [0.1, 0.15) is 17.0 Å². The van der Waals surface area contributed by atoms with Gasteiger partial charge in [0.05, 0.1) is 0 Å². The molecular weight excluding hydrogens is 288 g/mol. The number of carboxylic acid groups (broad SMARTS) is 1. The Morgan fingerprint density at radius 3 is 2.59 bits per heavy atom. The van der Waals surface area contributed by atoms with E-state index in [0.29, 0.717) is 22.6 Å². The van der Waals surface area contributed by atoms with E-state index in [1.54, 1.807) is 30.3 Å². The van der Waals surface area contributed by atoms with Crippen molar-refractivity contribution in [3.05, 3.63) is 53.6 Å². The maximum atomic E-state index is 12.0. The molecule has 6 nitrogen and oxygen atoms in total. The molecule has 0 bridgehead atoms. The Morgan fingerprint density at radius 1 is 1.18 bits per heavy atom. The molecule has 0 aromatic heterocycles. The third-order valence-electron chi connectivity index (χ3n) is 3.33. The first kappa shape index (κ1) is 13.9. The van der Waals surface area contributed by atoms with Crippen molar-refractivity contribution >= 4 is 11.9 Å². The van der Waals surface area contributed by atoms with E-state index in [-0.39, 0.29) is 5.75 Å². The minimum atomic E-state index is -1.06. The van der Waals surface area contributed by atoms with Gasteiger partial charge in [-0.2, -0.15) is 0 Å². The van der Waals surface area contributed by atoms with Gasteiger partial charge in [0.1, 0.15) is 23.2 Å². The highest BCUT2D eigenvalue weighted by molar-refractivity contribution is 5.89. The topological polar surface area (TPSA) is 93.1 Å².